The van der Waals surface area contributed by atoms with Crippen LogP contribution in [0.3, 0.4) is 0 Å². The maximum absolute atomic E-state index is 13.0. The number of amides is 1. The predicted octanol–water partition coefficient (Wildman–Crippen LogP) is 1.91. The second-order valence-electron chi connectivity index (χ2n) is 7.61. The Morgan fingerprint density at radius 3 is 2.57 bits per heavy atom. The van der Waals surface area contributed by atoms with Gasteiger partial charge in [0.05, 0.1) is 5.75 Å². The summed E-state index contributed by atoms with van der Waals surface area (Å²) in [6, 6.07) is 11.7. The average molecular weight is 403 g/mol. The van der Waals surface area contributed by atoms with Crippen LogP contribution < -0.4 is 5.56 Å². The molecule has 6 nitrogen and oxygen atoms in total. The van der Waals surface area contributed by atoms with Crippen LogP contribution in [-0.2, 0) is 22.8 Å². The quantitative estimate of drug-likeness (QED) is 0.740. The fourth-order valence-corrected chi connectivity index (χ4v) is 4.86. The molecule has 1 amide bonds. The first-order valence-electron chi connectivity index (χ1n) is 9.45. The standard InChI is InChI=1S/C21H26N2O4S/c1-16-8-11-22(12-9-17-6-4-3-5-7-17)20(24)19(16)21(25)23-13-10-18(14-23)15-28(2,26)27/h3-8,11,18H,9-10,12-15H2,1-2H3. The van der Waals surface area contributed by atoms with Gasteiger partial charge in [0.2, 0.25) is 0 Å². The van der Waals surface area contributed by atoms with Crippen molar-refractivity contribution in [2.75, 3.05) is 25.1 Å². The molecule has 0 saturated carbocycles. The van der Waals surface area contributed by atoms with Crippen LogP contribution in [0.25, 0.3) is 0 Å². The molecule has 1 aromatic carbocycles. The third-order valence-corrected chi connectivity index (χ3v) is 6.26. The second-order valence-corrected chi connectivity index (χ2v) is 9.79. The molecule has 0 aliphatic carbocycles. The van der Waals surface area contributed by atoms with Gasteiger partial charge in [-0.3, -0.25) is 9.59 Å². The lowest BCUT2D eigenvalue weighted by Crippen LogP contribution is -2.36. The Kier molecular flexibility index (Phi) is 6.03. The molecule has 1 aromatic heterocycles. The molecule has 1 fully saturated rings. The normalized spacial score (nSPS) is 17.1. The van der Waals surface area contributed by atoms with E-state index >= 15 is 0 Å². The molecule has 7 heteroatoms. The van der Waals surface area contributed by atoms with Crippen molar-refractivity contribution in [2.24, 2.45) is 5.92 Å². The minimum atomic E-state index is -3.08. The van der Waals surface area contributed by atoms with E-state index in [1.54, 1.807) is 28.7 Å². The van der Waals surface area contributed by atoms with Crippen LogP contribution in [-0.4, -0.2) is 48.9 Å². The summed E-state index contributed by atoms with van der Waals surface area (Å²) in [6.07, 6.45) is 4.29. The maximum atomic E-state index is 13.0. The van der Waals surface area contributed by atoms with Gasteiger partial charge < -0.3 is 9.47 Å². The molecule has 28 heavy (non-hydrogen) atoms. The highest BCUT2D eigenvalue weighted by atomic mass is 32.2. The molecular weight excluding hydrogens is 376 g/mol. The van der Waals surface area contributed by atoms with E-state index < -0.39 is 9.84 Å². The van der Waals surface area contributed by atoms with Gasteiger partial charge >= 0.3 is 0 Å². The fourth-order valence-electron chi connectivity index (χ4n) is 3.73. The first-order chi connectivity index (χ1) is 13.2. The first kappa shape index (κ1) is 20.3. The van der Waals surface area contributed by atoms with Crippen LogP contribution in [0.15, 0.2) is 47.4 Å². The van der Waals surface area contributed by atoms with E-state index in [0.29, 0.717) is 38.0 Å². The van der Waals surface area contributed by atoms with Gasteiger partial charge in [-0.1, -0.05) is 30.3 Å². The minimum Gasteiger partial charge on any atom is -0.338 e. The van der Waals surface area contributed by atoms with Gasteiger partial charge in [-0.2, -0.15) is 0 Å². The Balaban J connectivity index is 1.76. The summed E-state index contributed by atoms with van der Waals surface area (Å²) in [5.41, 5.74) is 1.69. The number of benzene rings is 1. The van der Waals surface area contributed by atoms with E-state index in [1.807, 2.05) is 30.3 Å². The summed E-state index contributed by atoms with van der Waals surface area (Å²) in [5.74, 6) is -0.290. The summed E-state index contributed by atoms with van der Waals surface area (Å²) in [7, 11) is -3.08. The summed E-state index contributed by atoms with van der Waals surface area (Å²) < 4.78 is 24.6. The van der Waals surface area contributed by atoms with E-state index in [9.17, 15) is 18.0 Å². The van der Waals surface area contributed by atoms with E-state index in [2.05, 4.69) is 0 Å². The number of likely N-dealkylation sites (tertiary alicyclic amines) is 1. The van der Waals surface area contributed by atoms with Crippen LogP contribution in [0.1, 0.15) is 27.9 Å². The van der Waals surface area contributed by atoms with Crippen molar-refractivity contribution in [1.82, 2.24) is 9.47 Å². The molecule has 1 unspecified atom stereocenters. The summed E-state index contributed by atoms with van der Waals surface area (Å²) >= 11 is 0. The van der Waals surface area contributed by atoms with Crippen LogP contribution >= 0.6 is 0 Å². The van der Waals surface area contributed by atoms with Crippen molar-refractivity contribution >= 4 is 15.7 Å². The summed E-state index contributed by atoms with van der Waals surface area (Å²) in [4.78, 5) is 27.5. The molecular formula is C21H26N2O4S. The molecule has 0 bridgehead atoms. The Bertz CT molecular complexity index is 1010. The van der Waals surface area contributed by atoms with Gasteiger partial charge in [0.25, 0.3) is 11.5 Å². The lowest BCUT2D eigenvalue weighted by atomic mass is 10.1. The molecule has 0 spiro atoms. The van der Waals surface area contributed by atoms with Crippen LogP contribution in [0, 0.1) is 12.8 Å². The summed E-state index contributed by atoms with van der Waals surface area (Å²) in [6.45, 7) is 3.13. The van der Waals surface area contributed by atoms with Gasteiger partial charge in [0.15, 0.2) is 0 Å². The number of carbonyl (C=O) groups excluding carboxylic acids is 1. The number of sulfone groups is 1. The molecule has 3 rings (SSSR count). The van der Waals surface area contributed by atoms with Crippen molar-refractivity contribution in [1.29, 1.82) is 0 Å². The van der Waals surface area contributed by atoms with Gasteiger partial charge in [-0.05, 0) is 42.9 Å². The van der Waals surface area contributed by atoms with E-state index in [4.69, 9.17) is 0 Å². The maximum Gasteiger partial charge on any atom is 0.263 e. The third kappa shape index (κ3) is 4.90. The van der Waals surface area contributed by atoms with Gasteiger partial charge in [-0.15, -0.1) is 0 Å². The Labute approximate surface area is 165 Å². The predicted molar refractivity (Wildman–Crippen MR) is 109 cm³/mol. The van der Waals surface area contributed by atoms with Gasteiger partial charge in [0, 0.05) is 32.1 Å². The van der Waals surface area contributed by atoms with Crippen molar-refractivity contribution in [2.45, 2.75) is 26.3 Å². The smallest absolute Gasteiger partial charge is 0.263 e. The molecule has 1 saturated heterocycles. The first-order valence-corrected chi connectivity index (χ1v) is 11.5. The third-order valence-electron chi connectivity index (χ3n) is 5.18. The summed E-state index contributed by atoms with van der Waals surface area (Å²) in [5, 5.41) is 0. The number of pyridine rings is 1. The van der Waals surface area contributed by atoms with Crippen LogP contribution in [0.2, 0.25) is 0 Å². The zero-order chi connectivity index (χ0) is 20.3. The van der Waals surface area contributed by atoms with Crippen molar-refractivity contribution < 1.29 is 13.2 Å². The molecule has 1 aliphatic heterocycles. The van der Waals surface area contributed by atoms with E-state index in [0.717, 1.165) is 5.56 Å². The lowest BCUT2D eigenvalue weighted by molar-refractivity contribution is 0.0785. The molecule has 1 atom stereocenters. The monoisotopic (exact) mass is 402 g/mol. The number of hydrogen-bond acceptors (Lipinski definition) is 4. The Morgan fingerprint density at radius 2 is 1.89 bits per heavy atom. The zero-order valence-corrected chi connectivity index (χ0v) is 17.1. The minimum absolute atomic E-state index is 0.0664. The molecule has 0 N–H and O–H groups in total. The molecule has 2 aromatic rings. The van der Waals surface area contributed by atoms with Gasteiger partial charge in [0.1, 0.15) is 15.4 Å². The number of rotatable bonds is 6. The molecule has 1 aliphatic rings. The van der Waals surface area contributed by atoms with E-state index in [-0.39, 0.29) is 28.7 Å². The lowest BCUT2D eigenvalue weighted by Gasteiger charge is -2.18. The number of nitrogens with zero attached hydrogens (tertiary/aromatic N) is 2. The Morgan fingerprint density at radius 1 is 1.18 bits per heavy atom. The fraction of sp³-hybridized carbons (Fsp3) is 0.429. The van der Waals surface area contributed by atoms with Crippen LogP contribution in [0.5, 0.6) is 0 Å². The van der Waals surface area contributed by atoms with E-state index in [1.165, 1.54) is 6.26 Å². The number of aromatic nitrogens is 1. The van der Waals surface area contributed by atoms with Crippen LogP contribution in [0.4, 0.5) is 0 Å². The molecule has 150 valence electrons. The van der Waals surface area contributed by atoms with Crippen molar-refractivity contribution in [3.05, 3.63) is 69.6 Å². The topological polar surface area (TPSA) is 76.5 Å². The highest BCUT2D eigenvalue weighted by molar-refractivity contribution is 7.90. The van der Waals surface area contributed by atoms with Crippen molar-refractivity contribution in [3.63, 3.8) is 0 Å². The average Bonchev–Trinajstić information content (AvgIpc) is 3.08. The van der Waals surface area contributed by atoms with Crippen molar-refractivity contribution in [3.8, 4) is 0 Å². The Hall–Kier alpha value is -2.41. The zero-order valence-electron chi connectivity index (χ0n) is 16.3. The SMILES string of the molecule is Cc1ccn(CCc2ccccc2)c(=O)c1C(=O)N1CCC(CS(C)(=O)=O)C1. The molecule has 0 radical (unpaired) electrons. The van der Waals surface area contributed by atoms with Gasteiger partial charge in [-0.25, -0.2) is 8.42 Å². The number of carbonyl (C=O) groups is 1. The number of hydrogen-bond donors (Lipinski definition) is 0. The second kappa shape index (κ2) is 8.31. The largest absolute Gasteiger partial charge is 0.338 e. The highest BCUT2D eigenvalue weighted by Gasteiger charge is 2.31. The molecule has 2 heterocycles. The highest BCUT2D eigenvalue weighted by Crippen LogP contribution is 2.20. The number of aryl methyl sites for hydroxylation is 3.